The molecule has 2 aromatic rings. The molecule has 1 saturated heterocycles. The summed E-state index contributed by atoms with van der Waals surface area (Å²) in [5.41, 5.74) is 2.10. The summed E-state index contributed by atoms with van der Waals surface area (Å²) < 4.78 is 46.8. The van der Waals surface area contributed by atoms with Crippen LogP contribution in [0.5, 0.6) is 0 Å². The number of nitrogens with one attached hydrogen (secondary N) is 1. The van der Waals surface area contributed by atoms with Gasteiger partial charge in [-0.1, -0.05) is 18.2 Å². The molecule has 1 unspecified atom stereocenters. The molecule has 28 heavy (non-hydrogen) atoms. The third-order valence-electron chi connectivity index (χ3n) is 4.85. The minimum Gasteiger partial charge on any atom is -0.379 e. The highest BCUT2D eigenvalue weighted by molar-refractivity contribution is 7.89. The topological polar surface area (TPSA) is 61.9 Å². The third-order valence-corrected chi connectivity index (χ3v) is 6.28. The molecule has 0 bridgehead atoms. The lowest BCUT2D eigenvalue weighted by atomic mass is 10.0. The number of hydrogen-bond acceptors (Lipinski definition) is 5. The maximum atomic E-state index is 13.4. The minimum absolute atomic E-state index is 0.0730. The second-order valence-corrected chi connectivity index (χ2v) is 8.73. The summed E-state index contributed by atoms with van der Waals surface area (Å²) in [4.78, 5) is 4.15. The Balaban J connectivity index is 1.81. The Morgan fingerprint density at radius 3 is 2.43 bits per heavy atom. The van der Waals surface area contributed by atoms with Gasteiger partial charge in [-0.15, -0.1) is 0 Å². The maximum Gasteiger partial charge on any atom is 0.240 e. The van der Waals surface area contributed by atoms with Crippen LogP contribution in [0.2, 0.25) is 0 Å². The Labute approximate surface area is 166 Å². The molecule has 0 amide bonds. The van der Waals surface area contributed by atoms with Gasteiger partial charge in [0.15, 0.2) is 0 Å². The molecule has 0 saturated carbocycles. The van der Waals surface area contributed by atoms with Crippen LogP contribution in [0.25, 0.3) is 0 Å². The molecule has 0 spiro atoms. The van der Waals surface area contributed by atoms with Crippen molar-refractivity contribution in [3.05, 3.63) is 59.9 Å². The van der Waals surface area contributed by atoms with Crippen LogP contribution >= 0.6 is 0 Å². The number of nitrogens with zero attached hydrogens (tertiary/aromatic N) is 2. The summed E-state index contributed by atoms with van der Waals surface area (Å²) in [5, 5.41) is 0. The summed E-state index contributed by atoms with van der Waals surface area (Å²) in [7, 11) is 0.145. The van der Waals surface area contributed by atoms with Gasteiger partial charge < -0.3 is 9.64 Å². The van der Waals surface area contributed by atoms with Crippen LogP contribution in [0, 0.1) is 5.82 Å². The molecule has 0 aromatic heterocycles. The van der Waals surface area contributed by atoms with E-state index >= 15 is 0 Å². The van der Waals surface area contributed by atoms with Gasteiger partial charge in [-0.25, -0.2) is 17.5 Å². The second-order valence-electron chi connectivity index (χ2n) is 6.96. The van der Waals surface area contributed by atoms with Crippen LogP contribution in [-0.4, -0.2) is 60.3 Å². The molecule has 1 aliphatic heterocycles. The standard InChI is InChI=1S/C20H26FN3O3S/c1-23(2)18-8-6-16(7-9-18)20(24-10-12-27-13-11-24)15-22-28(25,26)19-5-3-4-17(21)14-19/h3-9,14,20,22H,10-13,15H2,1-2H3. The fourth-order valence-electron chi connectivity index (χ4n) is 3.25. The molecule has 8 heteroatoms. The van der Waals surface area contributed by atoms with Crippen LogP contribution in [-0.2, 0) is 14.8 Å². The number of ether oxygens (including phenoxy) is 1. The molecule has 6 nitrogen and oxygen atoms in total. The summed E-state index contributed by atoms with van der Waals surface area (Å²) >= 11 is 0. The zero-order chi connectivity index (χ0) is 20.1. The fourth-order valence-corrected chi connectivity index (χ4v) is 4.32. The van der Waals surface area contributed by atoms with Gasteiger partial charge in [0.05, 0.1) is 18.1 Å². The van der Waals surface area contributed by atoms with Crippen LogP contribution in [0.15, 0.2) is 53.4 Å². The van der Waals surface area contributed by atoms with E-state index in [1.165, 1.54) is 18.2 Å². The molecule has 2 aromatic carbocycles. The highest BCUT2D eigenvalue weighted by Crippen LogP contribution is 2.24. The fraction of sp³-hybridized carbons (Fsp3) is 0.400. The number of morpholine rings is 1. The van der Waals surface area contributed by atoms with Crippen molar-refractivity contribution in [2.45, 2.75) is 10.9 Å². The predicted molar refractivity (Wildman–Crippen MR) is 107 cm³/mol. The second kappa shape index (κ2) is 9.00. The van der Waals surface area contributed by atoms with E-state index in [-0.39, 0.29) is 17.5 Å². The van der Waals surface area contributed by atoms with Crippen LogP contribution < -0.4 is 9.62 Å². The third kappa shape index (κ3) is 5.08. The SMILES string of the molecule is CN(C)c1ccc(C(CNS(=O)(=O)c2cccc(F)c2)N2CCOCC2)cc1. The normalized spacial score (nSPS) is 16.7. The number of benzene rings is 2. The molecule has 3 rings (SSSR count). The quantitative estimate of drug-likeness (QED) is 0.763. The predicted octanol–water partition coefficient (Wildman–Crippen LogP) is 2.24. The van der Waals surface area contributed by atoms with Gasteiger partial charge in [-0.05, 0) is 35.9 Å². The Morgan fingerprint density at radius 1 is 1.14 bits per heavy atom. The summed E-state index contributed by atoms with van der Waals surface area (Å²) in [6, 6.07) is 13.0. The maximum absolute atomic E-state index is 13.4. The van der Waals surface area contributed by atoms with Crippen LogP contribution in [0.4, 0.5) is 10.1 Å². The Hall–Kier alpha value is -2.00. The first-order valence-corrected chi connectivity index (χ1v) is 10.7. The number of hydrogen-bond donors (Lipinski definition) is 1. The summed E-state index contributed by atoms with van der Waals surface area (Å²) in [6.45, 7) is 2.87. The molecule has 0 radical (unpaired) electrons. The van der Waals surface area contributed by atoms with Gasteiger partial charge in [0, 0.05) is 45.5 Å². The van der Waals surface area contributed by atoms with Crippen LogP contribution in [0.3, 0.4) is 0 Å². The molecule has 1 heterocycles. The van der Waals surface area contributed by atoms with Gasteiger partial charge >= 0.3 is 0 Å². The molecule has 1 atom stereocenters. The minimum atomic E-state index is -3.80. The monoisotopic (exact) mass is 407 g/mol. The van der Waals surface area contributed by atoms with E-state index in [0.29, 0.717) is 13.2 Å². The van der Waals surface area contributed by atoms with E-state index in [2.05, 4.69) is 9.62 Å². The lowest BCUT2D eigenvalue weighted by Gasteiger charge is -2.35. The van der Waals surface area contributed by atoms with Crippen molar-refractivity contribution in [2.24, 2.45) is 0 Å². The van der Waals surface area contributed by atoms with Crippen molar-refractivity contribution in [2.75, 3.05) is 51.8 Å². The van der Waals surface area contributed by atoms with E-state index in [9.17, 15) is 12.8 Å². The molecule has 1 aliphatic rings. The molecule has 1 fully saturated rings. The molecular weight excluding hydrogens is 381 g/mol. The van der Waals surface area contributed by atoms with Gasteiger partial charge in [0.25, 0.3) is 0 Å². The summed E-state index contributed by atoms with van der Waals surface area (Å²) in [6.07, 6.45) is 0. The van der Waals surface area contributed by atoms with Gasteiger partial charge in [-0.2, -0.15) is 0 Å². The number of sulfonamides is 1. The smallest absolute Gasteiger partial charge is 0.240 e. The first-order chi connectivity index (χ1) is 13.4. The first kappa shape index (κ1) is 20.7. The van der Waals surface area contributed by atoms with Crippen molar-refractivity contribution in [1.82, 2.24) is 9.62 Å². The first-order valence-electron chi connectivity index (χ1n) is 9.21. The molecule has 1 N–H and O–H groups in total. The average Bonchev–Trinajstić information content (AvgIpc) is 2.69. The van der Waals surface area contributed by atoms with Gasteiger partial charge in [0.1, 0.15) is 5.82 Å². The van der Waals surface area contributed by atoms with Crippen molar-refractivity contribution in [3.8, 4) is 0 Å². The summed E-state index contributed by atoms with van der Waals surface area (Å²) in [5.74, 6) is -0.577. The Morgan fingerprint density at radius 2 is 1.82 bits per heavy atom. The van der Waals surface area contributed by atoms with E-state index in [1.807, 2.05) is 43.3 Å². The van der Waals surface area contributed by atoms with Crippen LogP contribution in [0.1, 0.15) is 11.6 Å². The van der Waals surface area contributed by atoms with E-state index in [0.717, 1.165) is 30.4 Å². The molecular formula is C20H26FN3O3S. The van der Waals surface area contributed by atoms with Crippen molar-refractivity contribution >= 4 is 15.7 Å². The van der Waals surface area contributed by atoms with E-state index in [1.54, 1.807) is 0 Å². The van der Waals surface area contributed by atoms with Gasteiger partial charge in [-0.3, -0.25) is 4.90 Å². The van der Waals surface area contributed by atoms with Gasteiger partial charge in [0.2, 0.25) is 10.0 Å². The van der Waals surface area contributed by atoms with Crippen molar-refractivity contribution < 1.29 is 17.5 Å². The Bertz CT molecular complexity index is 882. The lowest BCUT2D eigenvalue weighted by Crippen LogP contribution is -2.43. The molecule has 152 valence electrons. The number of halogens is 1. The zero-order valence-corrected chi connectivity index (χ0v) is 17.0. The Kier molecular flexibility index (Phi) is 6.66. The molecule has 0 aliphatic carbocycles. The van der Waals surface area contributed by atoms with E-state index < -0.39 is 15.8 Å². The lowest BCUT2D eigenvalue weighted by molar-refractivity contribution is 0.0172. The highest BCUT2D eigenvalue weighted by atomic mass is 32.2. The largest absolute Gasteiger partial charge is 0.379 e. The number of anilines is 1. The average molecular weight is 408 g/mol. The van der Waals surface area contributed by atoms with Crippen molar-refractivity contribution in [3.63, 3.8) is 0 Å². The van der Waals surface area contributed by atoms with Crippen molar-refractivity contribution in [1.29, 1.82) is 0 Å². The van der Waals surface area contributed by atoms with E-state index in [4.69, 9.17) is 4.74 Å². The number of rotatable bonds is 7. The highest BCUT2D eigenvalue weighted by Gasteiger charge is 2.25. The zero-order valence-electron chi connectivity index (χ0n) is 16.1.